The standard InChI is InChI=1S/C37H28F3N5O2/c1-22-14-25(35(46)43-21-37(38,39)40)12-13-29(22)26-15-27-18-33(45-36(47)30-16-28(30)19-41)42-20-31(27)32(17-26)44-34(23-8-4-2-5-9-23)24-10-6-3-7-11-24/h2-15,17-18,20,28,30H,16,21H2,1H3,(H,43,46)(H,42,45,47)/t28-,30+/m1/s1. The quantitative estimate of drug-likeness (QED) is 0.171. The van der Waals surface area contributed by atoms with Crippen molar-refractivity contribution >= 4 is 39.8 Å². The van der Waals surface area contributed by atoms with Crippen LogP contribution in [0, 0.1) is 30.1 Å². The fourth-order valence-electron chi connectivity index (χ4n) is 5.42. The zero-order valence-electron chi connectivity index (χ0n) is 25.2. The number of aromatic nitrogens is 1. The van der Waals surface area contributed by atoms with Gasteiger partial charge in [-0.3, -0.25) is 9.59 Å². The highest BCUT2D eigenvalue weighted by Gasteiger charge is 2.43. The molecule has 0 aliphatic heterocycles. The van der Waals surface area contributed by atoms with Crippen molar-refractivity contribution < 1.29 is 22.8 Å². The predicted molar refractivity (Wildman–Crippen MR) is 174 cm³/mol. The largest absolute Gasteiger partial charge is 0.405 e. The van der Waals surface area contributed by atoms with Crippen molar-refractivity contribution in [2.75, 3.05) is 11.9 Å². The van der Waals surface area contributed by atoms with Gasteiger partial charge in [0, 0.05) is 28.3 Å². The van der Waals surface area contributed by atoms with Gasteiger partial charge in [0.15, 0.2) is 0 Å². The van der Waals surface area contributed by atoms with Crippen molar-refractivity contribution in [1.82, 2.24) is 10.3 Å². The van der Waals surface area contributed by atoms with E-state index in [0.29, 0.717) is 23.5 Å². The lowest BCUT2D eigenvalue weighted by Crippen LogP contribution is -2.33. The van der Waals surface area contributed by atoms with Crippen molar-refractivity contribution in [2.45, 2.75) is 19.5 Å². The Hall–Kier alpha value is -5.82. The van der Waals surface area contributed by atoms with Gasteiger partial charge in [0.2, 0.25) is 5.91 Å². The van der Waals surface area contributed by atoms with Gasteiger partial charge in [0.05, 0.1) is 29.3 Å². The van der Waals surface area contributed by atoms with Gasteiger partial charge in [0.25, 0.3) is 5.91 Å². The third-order valence-corrected chi connectivity index (χ3v) is 7.94. The molecule has 0 saturated heterocycles. The molecule has 5 aromatic rings. The number of pyridine rings is 1. The predicted octanol–water partition coefficient (Wildman–Crippen LogP) is 7.77. The van der Waals surface area contributed by atoms with Crippen molar-refractivity contribution in [2.24, 2.45) is 16.8 Å². The number of amides is 2. The number of hydrogen-bond donors (Lipinski definition) is 2. The molecule has 2 N–H and O–H groups in total. The Labute approximate surface area is 268 Å². The number of anilines is 1. The molecular formula is C37H28F3N5O2. The maximum atomic E-state index is 12.7. The number of aryl methyl sites for hydroxylation is 1. The zero-order valence-corrected chi connectivity index (χ0v) is 25.2. The van der Waals surface area contributed by atoms with Gasteiger partial charge in [0.1, 0.15) is 12.4 Å². The van der Waals surface area contributed by atoms with E-state index in [1.165, 1.54) is 6.07 Å². The summed E-state index contributed by atoms with van der Waals surface area (Å²) in [6, 6.07) is 31.9. The molecule has 1 heterocycles. The van der Waals surface area contributed by atoms with Crippen LogP contribution in [0.1, 0.15) is 33.5 Å². The Morgan fingerprint density at radius 2 is 1.62 bits per heavy atom. The number of nitriles is 1. The maximum absolute atomic E-state index is 12.7. The number of aliphatic imine (C=N–C) groups is 1. The van der Waals surface area contributed by atoms with Crippen LogP contribution >= 0.6 is 0 Å². The number of nitrogens with zero attached hydrogens (tertiary/aromatic N) is 3. The summed E-state index contributed by atoms with van der Waals surface area (Å²) in [4.78, 5) is 34.8. The molecule has 6 rings (SSSR count). The summed E-state index contributed by atoms with van der Waals surface area (Å²) in [6.45, 7) is 0.358. The molecule has 4 aromatic carbocycles. The van der Waals surface area contributed by atoms with E-state index in [1.54, 1.807) is 31.3 Å². The first-order chi connectivity index (χ1) is 22.6. The first-order valence-corrected chi connectivity index (χ1v) is 14.9. The van der Waals surface area contributed by atoms with Gasteiger partial charge in [-0.2, -0.15) is 18.4 Å². The number of rotatable bonds is 8. The lowest BCUT2D eigenvalue weighted by atomic mass is 9.95. The van der Waals surface area contributed by atoms with Crippen LogP contribution in [0.2, 0.25) is 0 Å². The topological polar surface area (TPSA) is 107 Å². The molecular weight excluding hydrogens is 603 g/mol. The van der Waals surface area contributed by atoms with Gasteiger partial charge in [-0.25, -0.2) is 9.98 Å². The third-order valence-electron chi connectivity index (χ3n) is 7.94. The molecule has 1 fully saturated rings. The van der Waals surface area contributed by atoms with E-state index in [0.717, 1.165) is 38.7 Å². The zero-order chi connectivity index (χ0) is 33.1. The second-order valence-corrected chi connectivity index (χ2v) is 11.4. The molecule has 2 atom stereocenters. The summed E-state index contributed by atoms with van der Waals surface area (Å²) in [6.07, 6.45) is -2.35. The number of carbonyl (C=O) groups is 2. The molecule has 1 saturated carbocycles. The molecule has 0 spiro atoms. The average molecular weight is 632 g/mol. The van der Waals surface area contributed by atoms with Crippen LogP contribution in [0.5, 0.6) is 0 Å². The van der Waals surface area contributed by atoms with Gasteiger partial charge in [-0.1, -0.05) is 66.7 Å². The minimum absolute atomic E-state index is 0.106. The molecule has 10 heteroatoms. The molecule has 0 unspecified atom stereocenters. The van der Waals surface area contributed by atoms with Crippen molar-refractivity contribution in [1.29, 1.82) is 5.26 Å². The molecule has 1 aliphatic carbocycles. The van der Waals surface area contributed by atoms with Crippen LogP contribution in [0.15, 0.2) is 108 Å². The normalized spacial score (nSPS) is 15.4. The number of carbonyl (C=O) groups excluding carboxylic acids is 2. The summed E-state index contributed by atoms with van der Waals surface area (Å²) in [7, 11) is 0. The number of benzene rings is 4. The van der Waals surface area contributed by atoms with Crippen molar-refractivity contribution in [3.05, 3.63) is 126 Å². The van der Waals surface area contributed by atoms with Crippen LogP contribution in [0.4, 0.5) is 24.7 Å². The molecule has 234 valence electrons. The van der Waals surface area contributed by atoms with E-state index < -0.39 is 18.6 Å². The highest BCUT2D eigenvalue weighted by molar-refractivity contribution is 6.15. The summed E-state index contributed by atoms with van der Waals surface area (Å²) in [5.41, 5.74) is 5.39. The average Bonchev–Trinajstić information content (AvgIpc) is 3.87. The first kappa shape index (κ1) is 31.2. The monoisotopic (exact) mass is 631 g/mol. The lowest BCUT2D eigenvalue weighted by Gasteiger charge is -2.14. The van der Waals surface area contributed by atoms with Crippen LogP contribution in [-0.2, 0) is 4.79 Å². The molecule has 0 radical (unpaired) electrons. The molecule has 1 aromatic heterocycles. The second-order valence-electron chi connectivity index (χ2n) is 11.4. The summed E-state index contributed by atoms with van der Waals surface area (Å²) < 4.78 is 38.0. The molecule has 1 aliphatic rings. The highest BCUT2D eigenvalue weighted by Crippen LogP contribution is 2.39. The maximum Gasteiger partial charge on any atom is 0.405 e. The van der Waals surface area contributed by atoms with Gasteiger partial charge >= 0.3 is 6.18 Å². The fraction of sp³-hybridized carbons (Fsp3) is 0.162. The first-order valence-electron chi connectivity index (χ1n) is 14.9. The van der Waals surface area contributed by atoms with E-state index >= 15 is 0 Å². The smallest absolute Gasteiger partial charge is 0.343 e. The van der Waals surface area contributed by atoms with Crippen molar-refractivity contribution in [3.8, 4) is 17.2 Å². The lowest BCUT2D eigenvalue weighted by molar-refractivity contribution is -0.123. The Morgan fingerprint density at radius 3 is 2.21 bits per heavy atom. The molecule has 0 bridgehead atoms. The number of alkyl halides is 3. The third kappa shape index (κ3) is 7.20. The Kier molecular flexibility index (Phi) is 8.55. The van der Waals surface area contributed by atoms with Gasteiger partial charge in [-0.05, 0) is 65.8 Å². The van der Waals surface area contributed by atoms with E-state index in [-0.39, 0.29) is 23.3 Å². The van der Waals surface area contributed by atoms with Crippen LogP contribution < -0.4 is 10.6 Å². The summed E-state index contributed by atoms with van der Waals surface area (Å²) in [5, 5.41) is 15.3. The number of nitrogens with one attached hydrogen (secondary N) is 2. The van der Waals surface area contributed by atoms with E-state index in [2.05, 4.69) is 16.4 Å². The van der Waals surface area contributed by atoms with Gasteiger partial charge in [-0.15, -0.1) is 0 Å². The van der Waals surface area contributed by atoms with E-state index in [9.17, 15) is 22.8 Å². The minimum Gasteiger partial charge on any atom is -0.343 e. The Bertz CT molecular complexity index is 2010. The Balaban J connectivity index is 1.46. The number of hydrogen-bond acceptors (Lipinski definition) is 5. The number of halogens is 3. The minimum atomic E-state index is -4.52. The van der Waals surface area contributed by atoms with Crippen LogP contribution in [0.3, 0.4) is 0 Å². The van der Waals surface area contributed by atoms with E-state index in [1.807, 2.05) is 78.1 Å². The SMILES string of the molecule is Cc1cc(C(=O)NCC(F)(F)F)ccc1-c1cc(N=C(c2ccccc2)c2ccccc2)c2cnc(NC(=O)[C@H]3C[C@@H]3C#N)cc2c1. The Morgan fingerprint density at radius 1 is 0.936 bits per heavy atom. The highest BCUT2D eigenvalue weighted by atomic mass is 19.4. The summed E-state index contributed by atoms with van der Waals surface area (Å²) >= 11 is 0. The second kappa shape index (κ2) is 12.9. The number of fused-ring (bicyclic) bond motifs is 1. The van der Waals surface area contributed by atoms with Crippen molar-refractivity contribution in [3.63, 3.8) is 0 Å². The van der Waals surface area contributed by atoms with Gasteiger partial charge < -0.3 is 10.6 Å². The molecule has 7 nitrogen and oxygen atoms in total. The fourth-order valence-corrected chi connectivity index (χ4v) is 5.42. The molecule has 47 heavy (non-hydrogen) atoms. The summed E-state index contributed by atoms with van der Waals surface area (Å²) in [5.74, 6) is -1.41. The van der Waals surface area contributed by atoms with E-state index in [4.69, 9.17) is 10.3 Å². The molecule has 2 amide bonds. The van der Waals surface area contributed by atoms with Crippen LogP contribution in [0.25, 0.3) is 21.9 Å². The van der Waals surface area contributed by atoms with Crippen LogP contribution in [-0.4, -0.2) is 35.2 Å².